The molecule has 0 aliphatic carbocycles. The smallest absolute Gasteiger partial charge is 0.304 e. The van der Waals surface area contributed by atoms with Crippen molar-refractivity contribution in [2.75, 3.05) is 20.6 Å². The van der Waals surface area contributed by atoms with Gasteiger partial charge >= 0.3 is 5.70 Å². The highest BCUT2D eigenvalue weighted by atomic mass is 16.6. The Morgan fingerprint density at radius 1 is 1.62 bits per heavy atom. The summed E-state index contributed by atoms with van der Waals surface area (Å²) in [6.07, 6.45) is 3.43. The fourth-order valence-electron chi connectivity index (χ4n) is 1.56. The van der Waals surface area contributed by atoms with Crippen LogP contribution < -0.4 is 5.73 Å². The summed E-state index contributed by atoms with van der Waals surface area (Å²) in [5.74, 6) is 5.53. The molecule has 0 amide bonds. The lowest BCUT2D eigenvalue weighted by Gasteiger charge is -2.32. The lowest BCUT2D eigenvalue weighted by atomic mass is 10.1. The molecule has 1 aliphatic rings. The van der Waals surface area contributed by atoms with Crippen LogP contribution in [0.3, 0.4) is 0 Å². The summed E-state index contributed by atoms with van der Waals surface area (Å²) >= 11 is 0. The number of allylic oxidation sites excluding steroid dienone is 2. The minimum atomic E-state index is -0.345. The van der Waals surface area contributed by atoms with Crippen molar-refractivity contribution in [1.29, 1.82) is 0 Å². The third-order valence-corrected chi connectivity index (χ3v) is 2.75. The van der Waals surface area contributed by atoms with Gasteiger partial charge in [0.2, 0.25) is 0 Å². The Hall–Kier alpha value is -1.64. The molecule has 5 nitrogen and oxygen atoms in total. The van der Waals surface area contributed by atoms with Crippen molar-refractivity contribution in [3.8, 4) is 11.8 Å². The van der Waals surface area contributed by atoms with Gasteiger partial charge in [-0.15, -0.1) is 0 Å². The van der Waals surface area contributed by atoms with E-state index < -0.39 is 0 Å². The molecule has 2 N–H and O–H groups in total. The molecule has 0 saturated carbocycles. The van der Waals surface area contributed by atoms with E-state index in [1.807, 2.05) is 27.2 Å². The van der Waals surface area contributed by atoms with Crippen molar-refractivity contribution in [2.45, 2.75) is 13.0 Å². The first kappa shape index (κ1) is 12.4. The van der Waals surface area contributed by atoms with Crippen LogP contribution >= 0.6 is 0 Å². The quantitative estimate of drug-likeness (QED) is 0.303. The first-order valence-electron chi connectivity index (χ1n) is 4.99. The molecule has 0 aromatic rings. The van der Waals surface area contributed by atoms with Crippen molar-refractivity contribution in [1.82, 2.24) is 0 Å². The minimum absolute atomic E-state index is 0.182. The third-order valence-electron chi connectivity index (χ3n) is 2.75. The highest BCUT2D eigenvalue weighted by molar-refractivity contribution is 5.40. The topological polar surface area (TPSA) is 69.2 Å². The monoisotopic (exact) mass is 222 g/mol. The largest absolute Gasteiger partial charge is 0.320 e. The summed E-state index contributed by atoms with van der Waals surface area (Å²) in [5.41, 5.74) is 6.12. The number of nitrogens with zero attached hydrogens (tertiary/aromatic N) is 2. The number of nitrogens with two attached hydrogens (primary N) is 1. The Kier molecular flexibility index (Phi) is 3.48. The van der Waals surface area contributed by atoms with Gasteiger partial charge in [-0.05, 0) is 6.92 Å². The first-order valence-corrected chi connectivity index (χ1v) is 4.99. The second kappa shape index (κ2) is 4.47. The van der Waals surface area contributed by atoms with E-state index in [-0.39, 0.29) is 23.2 Å². The van der Waals surface area contributed by atoms with Gasteiger partial charge in [-0.3, -0.25) is 14.6 Å². The Labute approximate surface area is 95.0 Å². The second-order valence-corrected chi connectivity index (χ2v) is 4.22. The van der Waals surface area contributed by atoms with Gasteiger partial charge in [0.05, 0.1) is 31.1 Å². The highest BCUT2D eigenvalue weighted by Gasteiger charge is 2.37. The number of rotatable bonds is 1. The van der Waals surface area contributed by atoms with Crippen molar-refractivity contribution in [2.24, 2.45) is 5.73 Å². The van der Waals surface area contributed by atoms with Gasteiger partial charge in [0, 0.05) is 6.08 Å². The van der Waals surface area contributed by atoms with Crippen LogP contribution in [0.1, 0.15) is 6.92 Å². The summed E-state index contributed by atoms with van der Waals surface area (Å²) in [6, 6.07) is -0.182. The van der Waals surface area contributed by atoms with Crippen LogP contribution in [0, 0.1) is 22.0 Å². The van der Waals surface area contributed by atoms with Crippen LogP contribution in [0.5, 0.6) is 0 Å². The molecule has 5 heteroatoms. The zero-order valence-corrected chi connectivity index (χ0v) is 9.73. The molecule has 0 bridgehead atoms. The fraction of sp³-hybridized carbons (Fsp3) is 0.455. The molecule has 0 aromatic carbocycles. The zero-order valence-electron chi connectivity index (χ0n) is 9.73. The molecule has 1 aliphatic heterocycles. The number of likely N-dealkylation sites (N-methyl/N-ethyl adjacent to an activating group) is 1. The Balaban J connectivity index is 3.17. The fourth-order valence-corrected chi connectivity index (χ4v) is 1.56. The molecule has 0 aromatic heterocycles. The van der Waals surface area contributed by atoms with Gasteiger partial charge in [0.15, 0.2) is 6.04 Å². The van der Waals surface area contributed by atoms with Gasteiger partial charge in [-0.25, -0.2) is 0 Å². The van der Waals surface area contributed by atoms with Crippen LogP contribution in [-0.4, -0.2) is 36.1 Å². The van der Waals surface area contributed by atoms with Crippen molar-refractivity contribution in [3.63, 3.8) is 0 Å². The van der Waals surface area contributed by atoms with E-state index in [1.165, 1.54) is 6.08 Å². The van der Waals surface area contributed by atoms with Crippen molar-refractivity contribution >= 4 is 0 Å². The third kappa shape index (κ3) is 2.48. The van der Waals surface area contributed by atoms with Gasteiger partial charge in [0.25, 0.3) is 0 Å². The highest BCUT2D eigenvalue weighted by Crippen LogP contribution is 2.24. The molecule has 1 rings (SSSR count). The predicted molar refractivity (Wildman–Crippen MR) is 61.6 cm³/mol. The van der Waals surface area contributed by atoms with Crippen LogP contribution in [-0.2, 0) is 0 Å². The summed E-state index contributed by atoms with van der Waals surface area (Å²) < 4.78 is 0.418. The molecule has 16 heavy (non-hydrogen) atoms. The van der Waals surface area contributed by atoms with Crippen molar-refractivity contribution in [3.05, 3.63) is 33.7 Å². The molecule has 0 radical (unpaired) electrons. The predicted octanol–water partition coefficient (Wildman–Crippen LogP) is 0.471. The molecule has 86 valence electrons. The van der Waals surface area contributed by atoms with E-state index in [0.29, 0.717) is 10.1 Å². The Bertz CT molecular complexity index is 424. The molecule has 1 unspecified atom stereocenters. The molecule has 0 saturated heterocycles. The van der Waals surface area contributed by atoms with Crippen LogP contribution in [0.15, 0.2) is 23.5 Å². The average Bonchev–Trinajstić information content (AvgIpc) is 2.18. The second-order valence-electron chi connectivity index (χ2n) is 4.22. The van der Waals surface area contributed by atoms with Crippen LogP contribution in [0.4, 0.5) is 0 Å². The van der Waals surface area contributed by atoms with Gasteiger partial charge in [-0.2, -0.15) is 0 Å². The van der Waals surface area contributed by atoms with Crippen molar-refractivity contribution < 1.29 is 9.41 Å². The van der Waals surface area contributed by atoms with Crippen LogP contribution in [0.2, 0.25) is 0 Å². The number of hydrogen-bond acceptors (Lipinski definition) is 3. The number of nitro groups is 1. The van der Waals surface area contributed by atoms with Gasteiger partial charge < -0.3 is 5.73 Å². The van der Waals surface area contributed by atoms with E-state index in [0.717, 1.165) is 0 Å². The summed E-state index contributed by atoms with van der Waals surface area (Å²) in [4.78, 5) is 10.6. The lowest BCUT2D eigenvalue weighted by molar-refractivity contribution is -0.866. The van der Waals surface area contributed by atoms with E-state index >= 15 is 0 Å². The molecular formula is C11H16N3O2+. The molecule has 0 fully saturated rings. The Morgan fingerprint density at radius 2 is 2.25 bits per heavy atom. The maximum absolute atomic E-state index is 10.9. The Morgan fingerprint density at radius 3 is 2.75 bits per heavy atom. The average molecular weight is 222 g/mol. The summed E-state index contributed by atoms with van der Waals surface area (Å²) in [7, 11) is 3.82. The molecule has 0 spiro atoms. The lowest BCUT2D eigenvalue weighted by Crippen LogP contribution is -2.46. The number of quaternary nitrogens is 1. The summed E-state index contributed by atoms with van der Waals surface area (Å²) in [5, 5.41) is 10.9. The zero-order chi connectivity index (χ0) is 12.3. The van der Waals surface area contributed by atoms with Crippen LogP contribution in [0.25, 0.3) is 0 Å². The maximum atomic E-state index is 10.9. The van der Waals surface area contributed by atoms with E-state index in [4.69, 9.17) is 5.73 Å². The van der Waals surface area contributed by atoms with E-state index in [1.54, 1.807) is 0 Å². The maximum Gasteiger partial charge on any atom is 0.304 e. The minimum Gasteiger partial charge on any atom is -0.320 e. The summed E-state index contributed by atoms with van der Waals surface area (Å²) in [6.45, 7) is 2.08. The van der Waals surface area contributed by atoms with Gasteiger partial charge in [0.1, 0.15) is 6.20 Å². The number of hydrogen-bond donors (Lipinski definition) is 1. The SMILES string of the molecule is CC1C([N+](=O)[O-])=CC(C#CCN)=C[N+]1(C)C. The first-order chi connectivity index (χ1) is 7.38. The van der Waals surface area contributed by atoms with E-state index in [2.05, 4.69) is 11.8 Å². The molecular weight excluding hydrogens is 206 g/mol. The molecule has 1 atom stereocenters. The standard InChI is InChI=1S/C11H16N3O2/c1-9-11(13(15)16)7-10(5-4-6-12)8-14(9,2)3/h7-9H,6,12H2,1-3H3/q+1. The van der Waals surface area contributed by atoms with Gasteiger partial charge in [-0.1, -0.05) is 11.8 Å². The van der Waals surface area contributed by atoms with E-state index in [9.17, 15) is 10.1 Å². The molecule has 1 heterocycles. The normalized spacial score (nSPS) is 22.6.